The normalized spacial score (nSPS) is 15.4. The van der Waals surface area contributed by atoms with Gasteiger partial charge in [0.15, 0.2) is 0 Å². The number of carbonyl (C=O) groups is 1. The average Bonchev–Trinajstić information content (AvgIpc) is 2.96. The van der Waals surface area contributed by atoms with Crippen molar-refractivity contribution < 1.29 is 13.9 Å². The molecule has 0 aliphatic carbocycles. The molecule has 0 radical (unpaired) electrons. The predicted octanol–water partition coefficient (Wildman–Crippen LogP) is 4.21. The Hall–Kier alpha value is -2.32. The van der Waals surface area contributed by atoms with Gasteiger partial charge in [-0.2, -0.15) is 5.10 Å². The molecular formula is C21H27FN4O2S. The van der Waals surface area contributed by atoms with E-state index in [-0.39, 0.29) is 18.2 Å². The van der Waals surface area contributed by atoms with E-state index in [9.17, 15) is 9.18 Å². The van der Waals surface area contributed by atoms with E-state index in [2.05, 4.69) is 20.4 Å². The maximum atomic E-state index is 13.8. The first-order valence-corrected chi connectivity index (χ1v) is 10.9. The molecule has 0 unspecified atom stereocenters. The molecule has 1 aromatic carbocycles. The summed E-state index contributed by atoms with van der Waals surface area (Å²) in [6, 6.07) is 4.79. The lowest BCUT2D eigenvalue weighted by atomic mass is 10.1. The summed E-state index contributed by atoms with van der Waals surface area (Å²) < 4.78 is 18.7. The zero-order valence-corrected chi connectivity index (χ0v) is 17.5. The van der Waals surface area contributed by atoms with Gasteiger partial charge in [-0.05, 0) is 56.1 Å². The number of hydrazone groups is 1. The van der Waals surface area contributed by atoms with Gasteiger partial charge in [0.05, 0.1) is 24.9 Å². The Labute approximate surface area is 174 Å². The average molecular weight is 419 g/mol. The smallest absolute Gasteiger partial charge is 0.311 e. The highest BCUT2D eigenvalue weighted by atomic mass is 32.1. The number of nitrogens with one attached hydrogen (secondary N) is 1. The molecule has 156 valence electrons. The highest BCUT2D eigenvalue weighted by Gasteiger charge is 2.12. The largest absolute Gasteiger partial charge is 0.466 e. The molecular weight excluding hydrogens is 391 g/mol. The number of carbonyl (C=O) groups excluding carboxylic acids is 1. The van der Waals surface area contributed by atoms with E-state index >= 15 is 0 Å². The van der Waals surface area contributed by atoms with Crippen molar-refractivity contribution in [3.8, 4) is 0 Å². The van der Waals surface area contributed by atoms with Crippen LogP contribution in [0.3, 0.4) is 0 Å². The van der Waals surface area contributed by atoms with Gasteiger partial charge in [-0.3, -0.25) is 15.1 Å². The van der Waals surface area contributed by atoms with Gasteiger partial charge >= 0.3 is 5.97 Å². The van der Waals surface area contributed by atoms with Crippen molar-refractivity contribution in [2.45, 2.75) is 45.6 Å². The third kappa shape index (κ3) is 6.90. The zero-order chi connectivity index (χ0) is 20.5. The Balaban J connectivity index is 1.61. The summed E-state index contributed by atoms with van der Waals surface area (Å²) in [6.07, 6.45) is 6.76. The second-order valence-corrected chi connectivity index (χ2v) is 7.89. The standard InChI is InChI=1S/C21H27FN4O2S/c1-2-28-20(27)12-19-15-29-21(24-19)25-23-13-16-7-8-18(22)11-17(16)14-26-9-5-3-4-6-10-26/h7-8,11,13,15H,2-6,9-10,12,14H2,1H3,(H,24,25). The number of halogens is 1. The second kappa shape index (κ2) is 11.0. The van der Waals surface area contributed by atoms with Crippen LogP contribution in [0, 0.1) is 5.82 Å². The molecule has 1 fully saturated rings. The molecule has 2 aromatic rings. The summed E-state index contributed by atoms with van der Waals surface area (Å²) >= 11 is 1.37. The number of hydrogen-bond acceptors (Lipinski definition) is 7. The minimum atomic E-state index is -0.294. The highest BCUT2D eigenvalue weighted by molar-refractivity contribution is 7.13. The number of nitrogens with zero attached hydrogens (tertiary/aromatic N) is 3. The van der Waals surface area contributed by atoms with Crippen LogP contribution < -0.4 is 5.43 Å². The molecule has 0 saturated carbocycles. The molecule has 2 heterocycles. The van der Waals surface area contributed by atoms with Crippen molar-refractivity contribution in [3.63, 3.8) is 0 Å². The van der Waals surface area contributed by atoms with Crippen LogP contribution >= 0.6 is 11.3 Å². The molecule has 1 aromatic heterocycles. The number of ether oxygens (including phenoxy) is 1. The van der Waals surface area contributed by atoms with Gasteiger partial charge in [0.2, 0.25) is 5.13 Å². The van der Waals surface area contributed by atoms with Crippen molar-refractivity contribution in [1.82, 2.24) is 9.88 Å². The molecule has 0 atom stereocenters. The van der Waals surface area contributed by atoms with E-state index in [1.165, 1.54) is 43.1 Å². The fourth-order valence-corrected chi connectivity index (χ4v) is 3.99. The Morgan fingerprint density at radius 1 is 1.34 bits per heavy atom. The highest BCUT2D eigenvalue weighted by Crippen LogP contribution is 2.18. The van der Waals surface area contributed by atoms with Gasteiger partial charge in [0.25, 0.3) is 0 Å². The van der Waals surface area contributed by atoms with Crippen LogP contribution in [0.2, 0.25) is 0 Å². The van der Waals surface area contributed by atoms with Crippen molar-refractivity contribution in [1.29, 1.82) is 0 Å². The predicted molar refractivity (Wildman–Crippen MR) is 114 cm³/mol. The molecule has 6 nitrogen and oxygen atoms in total. The van der Waals surface area contributed by atoms with Gasteiger partial charge in [-0.15, -0.1) is 11.3 Å². The number of thiazole rings is 1. The minimum absolute atomic E-state index is 0.147. The third-order valence-electron chi connectivity index (χ3n) is 4.74. The fourth-order valence-electron chi connectivity index (χ4n) is 3.33. The Morgan fingerprint density at radius 3 is 2.90 bits per heavy atom. The number of hydrogen-bond donors (Lipinski definition) is 1. The van der Waals surface area contributed by atoms with Gasteiger partial charge < -0.3 is 4.74 Å². The molecule has 0 amide bonds. The van der Waals surface area contributed by atoms with E-state index in [0.29, 0.717) is 17.4 Å². The summed E-state index contributed by atoms with van der Waals surface area (Å²) in [6.45, 7) is 4.95. The molecule has 1 N–H and O–H groups in total. The van der Waals surface area contributed by atoms with E-state index in [1.54, 1.807) is 30.7 Å². The molecule has 3 rings (SSSR count). The van der Waals surface area contributed by atoms with Gasteiger partial charge in [-0.1, -0.05) is 18.9 Å². The van der Waals surface area contributed by atoms with Gasteiger partial charge in [-0.25, -0.2) is 9.37 Å². The molecule has 1 aliphatic rings. The van der Waals surface area contributed by atoms with Crippen molar-refractivity contribution >= 4 is 28.7 Å². The summed E-state index contributed by atoms with van der Waals surface area (Å²) in [7, 11) is 0. The number of likely N-dealkylation sites (tertiary alicyclic amines) is 1. The number of anilines is 1. The topological polar surface area (TPSA) is 66.8 Å². The minimum Gasteiger partial charge on any atom is -0.466 e. The molecule has 0 bridgehead atoms. The lowest BCUT2D eigenvalue weighted by molar-refractivity contribution is -0.142. The number of aromatic nitrogens is 1. The molecule has 1 aliphatic heterocycles. The maximum absolute atomic E-state index is 13.8. The first-order valence-electron chi connectivity index (χ1n) is 10.0. The molecule has 8 heteroatoms. The first kappa shape index (κ1) is 21.4. The first-order chi connectivity index (χ1) is 14.1. The molecule has 1 saturated heterocycles. The lowest BCUT2D eigenvalue weighted by Gasteiger charge is -2.20. The number of benzene rings is 1. The molecule has 0 spiro atoms. The monoisotopic (exact) mass is 418 g/mol. The maximum Gasteiger partial charge on any atom is 0.311 e. The van der Waals surface area contributed by atoms with Crippen LogP contribution in [0.4, 0.5) is 9.52 Å². The van der Waals surface area contributed by atoms with Crippen LogP contribution in [0.1, 0.15) is 49.4 Å². The quantitative estimate of drug-likeness (QED) is 0.395. The second-order valence-electron chi connectivity index (χ2n) is 7.03. The van der Waals surface area contributed by atoms with E-state index < -0.39 is 0 Å². The number of esters is 1. The van der Waals surface area contributed by atoms with Crippen LogP contribution in [0.5, 0.6) is 0 Å². The van der Waals surface area contributed by atoms with Crippen molar-refractivity contribution in [2.75, 3.05) is 25.1 Å². The summed E-state index contributed by atoms with van der Waals surface area (Å²) in [4.78, 5) is 18.2. The van der Waals surface area contributed by atoms with E-state index in [4.69, 9.17) is 4.74 Å². The number of rotatable bonds is 8. The lowest BCUT2D eigenvalue weighted by Crippen LogP contribution is -2.24. The third-order valence-corrected chi connectivity index (χ3v) is 5.54. The molecule has 29 heavy (non-hydrogen) atoms. The Kier molecular flexibility index (Phi) is 8.13. The van der Waals surface area contributed by atoms with Gasteiger partial charge in [0.1, 0.15) is 5.82 Å². The Morgan fingerprint density at radius 2 is 2.14 bits per heavy atom. The zero-order valence-electron chi connectivity index (χ0n) is 16.7. The summed E-state index contributed by atoms with van der Waals surface area (Å²) in [5.41, 5.74) is 5.35. The summed E-state index contributed by atoms with van der Waals surface area (Å²) in [5.74, 6) is -0.527. The van der Waals surface area contributed by atoms with Crippen molar-refractivity contribution in [2.24, 2.45) is 5.10 Å². The van der Waals surface area contributed by atoms with Crippen LogP contribution in [0.15, 0.2) is 28.7 Å². The van der Waals surface area contributed by atoms with E-state index in [0.717, 1.165) is 30.8 Å². The summed E-state index contributed by atoms with van der Waals surface area (Å²) in [5, 5.41) is 6.66. The van der Waals surface area contributed by atoms with Crippen molar-refractivity contribution in [3.05, 3.63) is 46.2 Å². The van der Waals surface area contributed by atoms with E-state index in [1.807, 2.05) is 0 Å². The van der Waals surface area contributed by atoms with Crippen LogP contribution in [-0.2, 0) is 22.5 Å². The Bertz CT molecular complexity index is 832. The SMILES string of the molecule is CCOC(=O)Cc1csc(NN=Cc2ccc(F)cc2CN2CCCCCC2)n1. The van der Waals surface area contributed by atoms with Gasteiger partial charge in [0, 0.05) is 11.9 Å². The van der Waals surface area contributed by atoms with Crippen LogP contribution in [0.25, 0.3) is 0 Å². The fraction of sp³-hybridized carbons (Fsp3) is 0.476. The van der Waals surface area contributed by atoms with Crippen LogP contribution in [-0.4, -0.2) is 41.8 Å².